The largest absolute Gasteiger partial charge is 0.352 e. The van der Waals surface area contributed by atoms with Gasteiger partial charge >= 0.3 is 0 Å². The van der Waals surface area contributed by atoms with E-state index in [2.05, 4.69) is 5.32 Å². The van der Waals surface area contributed by atoms with E-state index in [0.29, 0.717) is 0 Å². The van der Waals surface area contributed by atoms with Crippen LogP contribution in [-0.4, -0.2) is 61.8 Å². The van der Waals surface area contributed by atoms with Gasteiger partial charge in [-0.1, -0.05) is 53.5 Å². The van der Waals surface area contributed by atoms with Gasteiger partial charge < -0.3 is 16.0 Å². The molecule has 31 heavy (non-hydrogen) atoms. The summed E-state index contributed by atoms with van der Waals surface area (Å²) < 4.78 is 27.6. The van der Waals surface area contributed by atoms with Crippen LogP contribution in [0.25, 0.3) is 0 Å². The minimum Gasteiger partial charge on any atom is -0.352 e. The number of carbonyl (C=O) groups is 2. The number of rotatable bonds is 7. The van der Waals surface area contributed by atoms with Crippen molar-refractivity contribution in [2.75, 3.05) is 26.2 Å². The first kappa shape index (κ1) is 23.5. The molecule has 1 fully saturated rings. The quantitative estimate of drug-likeness (QED) is 0.617. The molecule has 2 aromatic carbocycles. The molecule has 1 saturated heterocycles. The van der Waals surface area contributed by atoms with Gasteiger partial charge in [0.1, 0.15) is 0 Å². The van der Waals surface area contributed by atoms with E-state index in [4.69, 9.17) is 28.9 Å². The van der Waals surface area contributed by atoms with Crippen molar-refractivity contribution in [3.05, 3.63) is 64.1 Å². The number of halogens is 2. The lowest BCUT2D eigenvalue weighted by atomic mass is 10.1. The number of benzene rings is 2. The summed E-state index contributed by atoms with van der Waals surface area (Å²) in [6, 6.07) is 12.9. The molecule has 3 N–H and O–H groups in total. The lowest BCUT2D eigenvalue weighted by Crippen LogP contribution is -2.54. The topological polar surface area (TPSA) is 113 Å². The van der Waals surface area contributed by atoms with E-state index in [-0.39, 0.29) is 53.4 Å². The van der Waals surface area contributed by atoms with Crippen LogP contribution < -0.4 is 11.1 Å². The molecule has 0 aromatic heterocycles. The van der Waals surface area contributed by atoms with Crippen molar-refractivity contribution in [2.24, 2.45) is 5.73 Å². The van der Waals surface area contributed by atoms with Gasteiger partial charge in [0.15, 0.2) is 6.17 Å². The Morgan fingerprint density at radius 3 is 2.42 bits per heavy atom. The minimum absolute atomic E-state index is 0.0379. The van der Waals surface area contributed by atoms with Crippen LogP contribution in [0.3, 0.4) is 0 Å². The van der Waals surface area contributed by atoms with Gasteiger partial charge in [-0.25, -0.2) is 8.42 Å². The molecule has 3 rings (SSSR count). The highest BCUT2D eigenvalue weighted by molar-refractivity contribution is 7.89. The van der Waals surface area contributed by atoms with Crippen LogP contribution in [0.15, 0.2) is 53.4 Å². The van der Waals surface area contributed by atoms with Crippen LogP contribution in [-0.2, 0) is 26.0 Å². The first-order valence-electron chi connectivity index (χ1n) is 9.54. The molecule has 0 radical (unpaired) electrons. The van der Waals surface area contributed by atoms with Crippen molar-refractivity contribution in [1.29, 1.82) is 0 Å². The van der Waals surface area contributed by atoms with E-state index in [0.717, 1.165) is 9.87 Å². The van der Waals surface area contributed by atoms with Gasteiger partial charge in [0, 0.05) is 26.2 Å². The van der Waals surface area contributed by atoms with Gasteiger partial charge in [0.2, 0.25) is 15.9 Å². The van der Waals surface area contributed by atoms with Crippen molar-refractivity contribution in [3.63, 3.8) is 0 Å². The summed E-state index contributed by atoms with van der Waals surface area (Å²) in [5.74, 6) is -0.973. The van der Waals surface area contributed by atoms with E-state index in [1.807, 2.05) is 6.07 Å². The van der Waals surface area contributed by atoms with Crippen molar-refractivity contribution >= 4 is 45.0 Å². The molecule has 2 aromatic rings. The van der Waals surface area contributed by atoms with Gasteiger partial charge in [-0.05, 0) is 23.8 Å². The molecule has 166 valence electrons. The molecule has 0 spiro atoms. The number of nitrogens with zero attached hydrogens (tertiary/aromatic N) is 2. The van der Waals surface area contributed by atoms with Gasteiger partial charge in [-0.2, -0.15) is 4.31 Å². The highest BCUT2D eigenvalue weighted by Gasteiger charge is 2.46. The van der Waals surface area contributed by atoms with Crippen LogP contribution in [0.1, 0.15) is 5.56 Å². The fourth-order valence-electron chi connectivity index (χ4n) is 3.32. The molecule has 1 heterocycles. The summed E-state index contributed by atoms with van der Waals surface area (Å²) in [4.78, 5) is 27.0. The zero-order valence-electron chi connectivity index (χ0n) is 16.5. The summed E-state index contributed by atoms with van der Waals surface area (Å²) in [7, 11) is -4.13. The summed E-state index contributed by atoms with van der Waals surface area (Å²) in [6.45, 7) is 0.365. The SMILES string of the molecule is NCCNC(=O)C1N(C(=O)Cc2ccccc2)CCN1S(=O)(=O)c1ccc(Cl)c(Cl)c1. The second kappa shape index (κ2) is 9.97. The monoisotopic (exact) mass is 484 g/mol. The Labute approximate surface area is 191 Å². The third-order valence-electron chi connectivity index (χ3n) is 4.82. The van der Waals surface area contributed by atoms with Crippen molar-refractivity contribution in [2.45, 2.75) is 17.5 Å². The van der Waals surface area contributed by atoms with E-state index >= 15 is 0 Å². The van der Waals surface area contributed by atoms with Crippen molar-refractivity contribution in [1.82, 2.24) is 14.5 Å². The average Bonchev–Trinajstić information content (AvgIpc) is 3.21. The predicted molar refractivity (Wildman–Crippen MR) is 118 cm³/mol. The van der Waals surface area contributed by atoms with Crippen LogP contribution in [0.4, 0.5) is 0 Å². The lowest BCUT2D eigenvalue weighted by molar-refractivity contribution is -0.140. The maximum Gasteiger partial charge on any atom is 0.259 e. The zero-order valence-corrected chi connectivity index (χ0v) is 18.8. The Morgan fingerprint density at radius 2 is 1.77 bits per heavy atom. The number of hydrogen-bond acceptors (Lipinski definition) is 5. The molecule has 0 saturated carbocycles. The minimum atomic E-state index is -4.13. The molecule has 1 atom stereocenters. The molecule has 1 unspecified atom stereocenters. The number of hydrogen-bond donors (Lipinski definition) is 2. The third-order valence-corrected chi connectivity index (χ3v) is 7.41. The number of nitrogens with one attached hydrogen (secondary N) is 1. The Hall–Kier alpha value is -2.17. The molecule has 1 aliphatic heterocycles. The van der Waals surface area contributed by atoms with E-state index in [1.165, 1.54) is 23.1 Å². The van der Waals surface area contributed by atoms with E-state index in [9.17, 15) is 18.0 Å². The number of nitrogens with two attached hydrogens (primary N) is 1. The lowest BCUT2D eigenvalue weighted by Gasteiger charge is -2.29. The zero-order chi connectivity index (χ0) is 22.6. The molecule has 0 aliphatic carbocycles. The third kappa shape index (κ3) is 5.19. The van der Waals surface area contributed by atoms with Crippen molar-refractivity contribution < 1.29 is 18.0 Å². The molecular weight excluding hydrogens is 463 g/mol. The Bertz CT molecular complexity index is 1070. The fraction of sp³-hybridized carbons (Fsp3) is 0.300. The molecule has 1 aliphatic rings. The van der Waals surface area contributed by atoms with E-state index in [1.54, 1.807) is 24.3 Å². The number of amides is 2. The Balaban J connectivity index is 1.92. The first-order valence-corrected chi connectivity index (χ1v) is 11.7. The standard InChI is InChI=1S/C20H22Cl2N4O4S/c21-16-7-6-15(13-17(16)22)31(29,30)26-11-10-25(20(26)19(28)24-9-8-23)18(27)12-14-4-2-1-3-5-14/h1-7,13,20H,8-12,23H2,(H,24,28). The first-order chi connectivity index (χ1) is 14.8. The second-order valence-corrected chi connectivity index (χ2v) is 9.60. The van der Waals surface area contributed by atoms with Gasteiger partial charge in [0.25, 0.3) is 5.91 Å². The molecule has 8 nitrogen and oxygen atoms in total. The van der Waals surface area contributed by atoms with Gasteiger partial charge in [-0.15, -0.1) is 0 Å². The average molecular weight is 485 g/mol. The summed E-state index contributed by atoms with van der Waals surface area (Å²) in [5.41, 5.74) is 6.22. The smallest absolute Gasteiger partial charge is 0.259 e. The molecular formula is C20H22Cl2N4O4S. The van der Waals surface area contributed by atoms with Crippen LogP contribution >= 0.6 is 23.2 Å². The van der Waals surface area contributed by atoms with Crippen molar-refractivity contribution in [3.8, 4) is 0 Å². The van der Waals surface area contributed by atoms with Gasteiger partial charge in [0.05, 0.1) is 21.4 Å². The van der Waals surface area contributed by atoms with Crippen LogP contribution in [0.2, 0.25) is 10.0 Å². The predicted octanol–water partition coefficient (Wildman–Crippen LogP) is 1.47. The summed E-state index contributed by atoms with van der Waals surface area (Å²) in [6.07, 6.45) is -1.29. The number of sulfonamides is 1. The summed E-state index contributed by atoms with van der Waals surface area (Å²) >= 11 is 11.9. The van der Waals surface area contributed by atoms with Gasteiger partial charge in [-0.3, -0.25) is 9.59 Å². The molecule has 0 bridgehead atoms. The Morgan fingerprint density at radius 1 is 1.06 bits per heavy atom. The van der Waals surface area contributed by atoms with Crippen LogP contribution in [0.5, 0.6) is 0 Å². The molecule has 2 amide bonds. The highest BCUT2D eigenvalue weighted by Crippen LogP contribution is 2.30. The Kier molecular flexibility index (Phi) is 7.55. The maximum absolute atomic E-state index is 13.3. The van der Waals surface area contributed by atoms with E-state index < -0.39 is 22.1 Å². The molecule has 11 heteroatoms. The highest BCUT2D eigenvalue weighted by atomic mass is 35.5. The maximum atomic E-state index is 13.3. The second-order valence-electron chi connectivity index (χ2n) is 6.89. The number of carbonyl (C=O) groups excluding carboxylic acids is 2. The summed E-state index contributed by atoms with van der Waals surface area (Å²) in [5, 5.41) is 2.87. The van der Waals surface area contributed by atoms with Crippen LogP contribution in [0, 0.1) is 0 Å². The fourth-order valence-corrected chi connectivity index (χ4v) is 5.26. The normalized spacial score (nSPS) is 17.0.